The molecule has 0 radical (unpaired) electrons. The first-order valence-corrected chi connectivity index (χ1v) is 9.44. The molecule has 0 atom stereocenters. The monoisotopic (exact) mass is 358 g/mol. The highest BCUT2D eigenvalue weighted by Gasteiger charge is 2.20. The van der Waals surface area contributed by atoms with E-state index in [9.17, 15) is 0 Å². The second-order valence-corrected chi connectivity index (χ2v) is 7.34. The second-order valence-electron chi connectivity index (χ2n) is 7.34. The maximum absolute atomic E-state index is 5.84. The number of ether oxygens (including phenoxy) is 1. The fraction of sp³-hybridized carbons (Fsp3) is 0.250. The van der Waals surface area contributed by atoms with Crippen LogP contribution in [0.25, 0.3) is 11.1 Å². The van der Waals surface area contributed by atoms with Crippen molar-refractivity contribution in [1.82, 2.24) is 0 Å². The molecular formula is C24H26N2O. The zero-order chi connectivity index (χ0) is 18.8. The molecule has 3 aromatic carbocycles. The highest BCUT2D eigenvalue weighted by Crippen LogP contribution is 2.40. The van der Waals surface area contributed by atoms with Crippen LogP contribution >= 0.6 is 0 Å². The van der Waals surface area contributed by atoms with E-state index in [2.05, 4.69) is 67.3 Å². The lowest BCUT2D eigenvalue weighted by Crippen LogP contribution is -2.23. The average molecular weight is 358 g/mol. The molecule has 0 saturated heterocycles. The molecule has 3 nitrogen and oxygen atoms in total. The van der Waals surface area contributed by atoms with Crippen LogP contribution in [0, 0.1) is 0 Å². The van der Waals surface area contributed by atoms with E-state index in [0.29, 0.717) is 6.61 Å². The van der Waals surface area contributed by atoms with Crippen LogP contribution in [0.3, 0.4) is 0 Å². The Bertz CT molecular complexity index is 934. The minimum atomic E-state index is 0.666. The van der Waals surface area contributed by atoms with Crippen LogP contribution in [-0.2, 0) is 6.42 Å². The Hall–Kier alpha value is -2.94. The third-order valence-electron chi connectivity index (χ3n) is 5.25. The Labute approximate surface area is 161 Å². The lowest BCUT2D eigenvalue weighted by atomic mass is 10.0. The molecule has 0 aromatic heterocycles. The first-order chi connectivity index (χ1) is 13.1. The minimum absolute atomic E-state index is 0.666. The van der Waals surface area contributed by atoms with Crippen molar-refractivity contribution in [2.24, 2.45) is 0 Å². The molecule has 3 aromatic rings. The lowest BCUT2D eigenvalue weighted by Gasteiger charge is -2.21. The van der Waals surface area contributed by atoms with Gasteiger partial charge in [0.15, 0.2) is 0 Å². The van der Waals surface area contributed by atoms with Crippen molar-refractivity contribution in [2.75, 3.05) is 44.1 Å². The van der Waals surface area contributed by atoms with Crippen molar-refractivity contribution >= 4 is 11.4 Å². The van der Waals surface area contributed by atoms with Gasteiger partial charge in [0.2, 0.25) is 0 Å². The van der Waals surface area contributed by atoms with Gasteiger partial charge in [0, 0.05) is 32.5 Å². The highest BCUT2D eigenvalue weighted by atomic mass is 16.5. The van der Waals surface area contributed by atoms with Gasteiger partial charge in [-0.2, -0.15) is 0 Å². The summed E-state index contributed by atoms with van der Waals surface area (Å²) in [5.41, 5.74) is 8.04. The Morgan fingerprint density at radius 2 is 1.41 bits per heavy atom. The minimum Gasteiger partial charge on any atom is -0.492 e. The summed E-state index contributed by atoms with van der Waals surface area (Å²) < 4.78 is 5.84. The second kappa shape index (κ2) is 7.36. The topological polar surface area (TPSA) is 15.7 Å². The number of rotatable bonds is 6. The largest absolute Gasteiger partial charge is 0.492 e. The van der Waals surface area contributed by atoms with E-state index in [-0.39, 0.29) is 0 Å². The molecule has 0 spiro atoms. The van der Waals surface area contributed by atoms with Gasteiger partial charge in [-0.1, -0.05) is 30.3 Å². The average Bonchev–Trinajstić information content (AvgIpc) is 3.05. The van der Waals surface area contributed by atoms with Crippen molar-refractivity contribution in [1.29, 1.82) is 0 Å². The number of hydrogen-bond donors (Lipinski definition) is 0. The third kappa shape index (κ3) is 3.63. The van der Waals surface area contributed by atoms with E-state index in [1.807, 2.05) is 30.3 Å². The standard InChI is InChI=1S/C24H26N2O/c1-25(2)20-11-9-18-15-19-10-12-21(17-24(19)23(18)16-20)26(3)13-14-27-22-7-5-4-6-8-22/h4-12,16-17H,13-15H2,1-3H3. The molecule has 0 bridgehead atoms. The smallest absolute Gasteiger partial charge is 0.119 e. The van der Waals surface area contributed by atoms with Gasteiger partial charge in [0.25, 0.3) is 0 Å². The van der Waals surface area contributed by atoms with Crippen LogP contribution in [0.15, 0.2) is 66.7 Å². The van der Waals surface area contributed by atoms with Crippen molar-refractivity contribution in [3.05, 3.63) is 77.9 Å². The normalized spacial score (nSPS) is 11.7. The number of benzene rings is 3. The molecule has 3 heteroatoms. The highest BCUT2D eigenvalue weighted by molar-refractivity contribution is 5.82. The van der Waals surface area contributed by atoms with Crippen LogP contribution in [0.2, 0.25) is 0 Å². The number of fused-ring (bicyclic) bond motifs is 3. The fourth-order valence-electron chi connectivity index (χ4n) is 3.61. The van der Waals surface area contributed by atoms with E-state index in [1.165, 1.54) is 33.6 Å². The Balaban J connectivity index is 1.50. The molecule has 0 aliphatic heterocycles. The first kappa shape index (κ1) is 17.5. The fourth-order valence-corrected chi connectivity index (χ4v) is 3.61. The van der Waals surface area contributed by atoms with Crippen LogP contribution in [-0.4, -0.2) is 34.3 Å². The molecule has 138 valence electrons. The Kier molecular flexibility index (Phi) is 4.76. The summed E-state index contributed by atoms with van der Waals surface area (Å²) in [6, 6.07) is 23.6. The summed E-state index contributed by atoms with van der Waals surface area (Å²) in [5.74, 6) is 0.921. The van der Waals surface area contributed by atoms with Gasteiger partial charge in [-0.15, -0.1) is 0 Å². The predicted molar refractivity (Wildman–Crippen MR) is 114 cm³/mol. The van der Waals surface area contributed by atoms with Crippen molar-refractivity contribution in [3.63, 3.8) is 0 Å². The van der Waals surface area contributed by atoms with Gasteiger partial charge >= 0.3 is 0 Å². The van der Waals surface area contributed by atoms with Gasteiger partial charge in [-0.25, -0.2) is 0 Å². The predicted octanol–water partition coefficient (Wildman–Crippen LogP) is 4.84. The third-order valence-corrected chi connectivity index (χ3v) is 5.25. The number of hydrogen-bond acceptors (Lipinski definition) is 3. The first-order valence-electron chi connectivity index (χ1n) is 9.44. The van der Waals surface area contributed by atoms with E-state index >= 15 is 0 Å². The molecule has 1 aliphatic rings. The van der Waals surface area contributed by atoms with Crippen LogP contribution < -0.4 is 14.5 Å². The summed E-state index contributed by atoms with van der Waals surface area (Å²) in [5, 5.41) is 0. The lowest BCUT2D eigenvalue weighted by molar-refractivity contribution is 0.326. The number of likely N-dealkylation sites (N-methyl/N-ethyl adjacent to an activating group) is 1. The van der Waals surface area contributed by atoms with E-state index in [4.69, 9.17) is 4.74 Å². The number of anilines is 2. The molecule has 4 rings (SSSR count). The van der Waals surface area contributed by atoms with Crippen molar-refractivity contribution in [3.8, 4) is 16.9 Å². The number of para-hydroxylation sites is 1. The quantitative estimate of drug-likeness (QED) is 0.490. The van der Waals surface area contributed by atoms with Gasteiger partial charge in [0.05, 0.1) is 6.54 Å². The molecule has 1 aliphatic carbocycles. The molecule has 0 N–H and O–H groups in total. The van der Waals surface area contributed by atoms with E-state index in [0.717, 1.165) is 18.7 Å². The summed E-state index contributed by atoms with van der Waals surface area (Å²) >= 11 is 0. The summed E-state index contributed by atoms with van der Waals surface area (Å²) in [6.07, 6.45) is 1.03. The summed E-state index contributed by atoms with van der Waals surface area (Å²) in [7, 11) is 6.31. The molecule has 0 heterocycles. The molecule has 0 fully saturated rings. The summed E-state index contributed by atoms with van der Waals surface area (Å²) in [6.45, 7) is 1.51. The van der Waals surface area contributed by atoms with Gasteiger partial charge in [-0.3, -0.25) is 0 Å². The van der Waals surface area contributed by atoms with Gasteiger partial charge < -0.3 is 14.5 Å². The molecule has 0 amide bonds. The zero-order valence-electron chi connectivity index (χ0n) is 16.3. The Morgan fingerprint density at radius 1 is 0.778 bits per heavy atom. The number of nitrogens with zero attached hydrogens (tertiary/aromatic N) is 2. The van der Waals surface area contributed by atoms with Gasteiger partial charge in [0.1, 0.15) is 12.4 Å². The maximum atomic E-state index is 5.84. The van der Waals surface area contributed by atoms with Crippen LogP contribution in [0.1, 0.15) is 11.1 Å². The maximum Gasteiger partial charge on any atom is 0.119 e. The molecule has 0 saturated carbocycles. The molecule has 0 unspecified atom stereocenters. The Morgan fingerprint density at radius 3 is 2.07 bits per heavy atom. The van der Waals surface area contributed by atoms with Crippen LogP contribution in [0.4, 0.5) is 11.4 Å². The van der Waals surface area contributed by atoms with Gasteiger partial charge in [-0.05, 0) is 65.1 Å². The van der Waals surface area contributed by atoms with Crippen molar-refractivity contribution in [2.45, 2.75) is 6.42 Å². The van der Waals surface area contributed by atoms with E-state index in [1.54, 1.807) is 0 Å². The van der Waals surface area contributed by atoms with E-state index < -0.39 is 0 Å². The molecular weight excluding hydrogens is 332 g/mol. The van der Waals surface area contributed by atoms with Crippen LogP contribution in [0.5, 0.6) is 5.75 Å². The SMILES string of the molecule is CN(C)c1ccc2c(c1)-c1cc(N(C)CCOc3ccccc3)ccc1C2. The summed E-state index contributed by atoms with van der Waals surface area (Å²) in [4.78, 5) is 4.42. The molecule has 27 heavy (non-hydrogen) atoms. The van der Waals surface area contributed by atoms with Crippen molar-refractivity contribution < 1.29 is 4.74 Å². The zero-order valence-corrected chi connectivity index (χ0v) is 16.3.